The maximum Gasteiger partial charge on any atom is 0.246 e. The Balaban J connectivity index is 4.35. The highest BCUT2D eigenvalue weighted by atomic mass is 16.5. The van der Waals surface area contributed by atoms with E-state index < -0.39 is 17.9 Å². The van der Waals surface area contributed by atoms with Crippen LogP contribution in [-0.4, -0.2) is 31.6 Å². The van der Waals surface area contributed by atoms with Crippen molar-refractivity contribution in [3.05, 3.63) is 0 Å². The summed E-state index contributed by atoms with van der Waals surface area (Å²) in [6.07, 6.45) is 0.154. The first-order valence-electron chi connectivity index (χ1n) is 4.47. The maximum atomic E-state index is 11.1. The molecular weight excluding hydrogens is 198 g/mol. The van der Waals surface area contributed by atoms with Gasteiger partial charge in [0.05, 0.1) is 6.07 Å². The Morgan fingerprint density at radius 2 is 2.20 bits per heavy atom. The van der Waals surface area contributed by atoms with Crippen LogP contribution in [0, 0.1) is 17.2 Å². The second-order valence-corrected chi connectivity index (χ2v) is 3.22. The molecule has 0 rings (SSSR count). The number of primary amides is 1. The van der Waals surface area contributed by atoms with Gasteiger partial charge < -0.3 is 15.8 Å². The van der Waals surface area contributed by atoms with E-state index in [0.29, 0.717) is 0 Å². The predicted octanol–water partition coefficient (Wildman–Crippen LogP) is -0.847. The molecule has 0 aromatic heterocycles. The molecule has 0 aliphatic heterocycles. The van der Waals surface area contributed by atoms with E-state index in [1.807, 2.05) is 6.07 Å². The molecule has 84 valence electrons. The smallest absolute Gasteiger partial charge is 0.246 e. The Morgan fingerprint density at radius 1 is 1.60 bits per heavy atom. The minimum atomic E-state index is -0.827. The molecule has 2 atom stereocenters. The summed E-state index contributed by atoms with van der Waals surface area (Å²) in [7, 11) is 1.37. The predicted molar refractivity (Wildman–Crippen MR) is 52.4 cm³/mol. The van der Waals surface area contributed by atoms with Gasteiger partial charge in [0, 0.05) is 13.5 Å². The highest BCUT2D eigenvalue weighted by Crippen LogP contribution is 2.06. The van der Waals surface area contributed by atoms with Crippen molar-refractivity contribution < 1.29 is 14.3 Å². The van der Waals surface area contributed by atoms with Crippen molar-refractivity contribution in [2.75, 3.05) is 13.7 Å². The first-order chi connectivity index (χ1) is 7.02. The first-order valence-corrected chi connectivity index (χ1v) is 4.47. The molecule has 0 bridgehead atoms. The molecule has 0 aromatic rings. The topological polar surface area (TPSA) is 105 Å². The molecule has 2 amide bonds. The average Bonchev–Trinajstić information content (AvgIpc) is 2.14. The third-order valence-corrected chi connectivity index (χ3v) is 1.88. The van der Waals surface area contributed by atoms with Crippen LogP contribution in [0.25, 0.3) is 0 Å². The van der Waals surface area contributed by atoms with Crippen LogP contribution in [0.4, 0.5) is 0 Å². The van der Waals surface area contributed by atoms with Crippen LogP contribution in [0.15, 0.2) is 0 Å². The molecule has 0 saturated heterocycles. The van der Waals surface area contributed by atoms with Gasteiger partial charge >= 0.3 is 0 Å². The van der Waals surface area contributed by atoms with E-state index in [1.54, 1.807) is 6.92 Å². The molecule has 3 N–H and O–H groups in total. The number of nitrogens with two attached hydrogens (primary N) is 1. The third-order valence-electron chi connectivity index (χ3n) is 1.88. The zero-order chi connectivity index (χ0) is 11.8. The van der Waals surface area contributed by atoms with Gasteiger partial charge in [0.15, 0.2) is 0 Å². The number of rotatable bonds is 6. The number of ether oxygens (including phenoxy) is 1. The highest BCUT2D eigenvalue weighted by Gasteiger charge is 2.24. The van der Waals surface area contributed by atoms with Crippen LogP contribution < -0.4 is 11.1 Å². The van der Waals surface area contributed by atoms with Crippen LogP contribution >= 0.6 is 0 Å². The zero-order valence-electron chi connectivity index (χ0n) is 8.82. The fourth-order valence-electron chi connectivity index (χ4n) is 1.10. The molecule has 0 spiro atoms. The van der Waals surface area contributed by atoms with Crippen LogP contribution in [0.2, 0.25) is 0 Å². The molecule has 0 saturated carbocycles. The molecule has 0 fully saturated rings. The number of carbonyl (C=O) groups excluding carboxylic acids is 2. The van der Waals surface area contributed by atoms with E-state index in [-0.39, 0.29) is 18.9 Å². The summed E-state index contributed by atoms with van der Waals surface area (Å²) < 4.78 is 4.59. The lowest BCUT2D eigenvalue weighted by molar-refractivity contribution is -0.130. The Labute approximate surface area is 88.4 Å². The van der Waals surface area contributed by atoms with Crippen LogP contribution in [0.5, 0.6) is 0 Å². The third kappa shape index (κ3) is 4.98. The second-order valence-electron chi connectivity index (χ2n) is 3.22. The molecule has 6 heteroatoms. The molecule has 0 aliphatic rings. The van der Waals surface area contributed by atoms with Gasteiger partial charge in [-0.3, -0.25) is 9.59 Å². The largest absolute Gasteiger partial charge is 0.375 e. The number of hydrogen-bond donors (Lipinski definition) is 2. The van der Waals surface area contributed by atoms with E-state index in [9.17, 15) is 9.59 Å². The van der Waals surface area contributed by atoms with E-state index in [0.717, 1.165) is 0 Å². The second kappa shape index (κ2) is 6.79. The molecule has 6 nitrogen and oxygen atoms in total. The summed E-state index contributed by atoms with van der Waals surface area (Å²) in [6, 6.07) is 1.09. The van der Waals surface area contributed by atoms with Gasteiger partial charge in [-0.2, -0.15) is 5.26 Å². The monoisotopic (exact) mass is 213 g/mol. The Morgan fingerprint density at radius 3 is 2.60 bits per heavy atom. The Hall–Kier alpha value is -1.61. The number of amides is 2. The number of nitriles is 1. The highest BCUT2D eigenvalue weighted by molar-refractivity contribution is 5.87. The molecule has 0 aliphatic carbocycles. The van der Waals surface area contributed by atoms with Crippen molar-refractivity contribution in [1.82, 2.24) is 5.32 Å². The fraction of sp³-hybridized carbons (Fsp3) is 0.667. The number of hydrogen-bond acceptors (Lipinski definition) is 4. The molecule has 0 aromatic carbocycles. The van der Waals surface area contributed by atoms with Gasteiger partial charge in [-0.25, -0.2) is 0 Å². The van der Waals surface area contributed by atoms with Gasteiger partial charge in [0.2, 0.25) is 11.8 Å². The van der Waals surface area contributed by atoms with Crippen molar-refractivity contribution in [2.24, 2.45) is 11.7 Å². The lowest BCUT2D eigenvalue weighted by Crippen LogP contribution is -2.49. The number of nitrogens with zero attached hydrogens (tertiary/aromatic N) is 1. The van der Waals surface area contributed by atoms with Crippen molar-refractivity contribution in [3.63, 3.8) is 0 Å². The minimum Gasteiger partial charge on any atom is -0.375 e. The SMILES string of the molecule is COCC(=O)N[C@H](C(N)=O)[C@@H](C)CC#N. The van der Waals surface area contributed by atoms with Gasteiger partial charge in [-0.05, 0) is 5.92 Å². The molecular formula is C9H15N3O3. The molecule has 0 radical (unpaired) electrons. The summed E-state index contributed by atoms with van der Waals surface area (Å²) >= 11 is 0. The van der Waals surface area contributed by atoms with E-state index >= 15 is 0 Å². The van der Waals surface area contributed by atoms with Crippen molar-refractivity contribution in [1.29, 1.82) is 5.26 Å². The van der Waals surface area contributed by atoms with Crippen molar-refractivity contribution >= 4 is 11.8 Å². The zero-order valence-corrected chi connectivity index (χ0v) is 8.82. The van der Waals surface area contributed by atoms with Crippen LogP contribution in [0.3, 0.4) is 0 Å². The van der Waals surface area contributed by atoms with Gasteiger partial charge in [-0.1, -0.05) is 6.92 Å². The molecule has 15 heavy (non-hydrogen) atoms. The van der Waals surface area contributed by atoms with Gasteiger partial charge in [0.25, 0.3) is 0 Å². The van der Waals surface area contributed by atoms with Gasteiger partial charge in [0.1, 0.15) is 12.6 Å². The Bertz CT molecular complexity index is 272. The quantitative estimate of drug-likeness (QED) is 0.599. The minimum absolute atomic E-state index is 0.136. The van der Waals surface area contributed by atoms with Crippen LogP contribution in [0.1, 0.15) is 13.3 Å². The molecule has 0 heterocycles. The lowest BCUT2D eigenvalue weighted by atomic mass is 9.98. The summed E-state index contributed by atoms with van der Waals surface area (Å²) in [5, 5.41) is 10.9. The molecule has 0 unspecified atom stereocenters. The first kappa shape index (κ1) is 13.4. The Kier molecular flexibility index (Phi) is 6.06. The van der Waals surface area contributed by atoms with E-state index in [1.165, 1.54) is 7.11 Å². The van der Waals surface area contributed by atoms with Crippen molar-refractivity contribution in [2.45, 2.75) is 19.4 Å². The average molecular weight is 213 g/mol. The summed E-state index contributed by atoms with van der Waals surface area (Å²) in [4.78, 5) is 22.2. The van der Waals surface area contributed by atoms with E-state index in [4.69, 9.17) is 11.0 Å². The summed E-state index contributed by atoms with van der Waals surface area (Å²) in [5.74, 6) is -1.39. The number of methoxy groups -OCH3 is 1. The van der Waals surface area contributed by atoms with Crippen LogP contribution in [-0.2, 0) is 14.3 Å². The fourth-order valence-corrected chi connectivity index (χ4v) is 1.10. The standard InChI is InChI=1S/C9H15N3O3/c1-6(3-4-10)8(9(11)14)12-7(13)5-15-2/h6,8H,3,5H2,1-2H3,(H2,11,14)(H,12,13)/t6-,8-/m0/s1. The maximum absolute atomic E-state index is 11.1. The van der Waals surface area contributed by atoms with Gasteiger partial charge in [-0.15, -0.1) is 0 Å². The lowest BCUT2D eigenvalue weighted by Gasteiger charge is -2.19. The normalized spacial score (nSPS) is 13.7. The summed E-state index contributed by atoms with van der Waals surface area (Å²) in [6.45, 7) is 1.54. The number of carbonyl (C=O) groups is 2. The van der Waals surface area contributed by atoms with Crippen molar-refractivity contribution in [3.8, 4) is 6.07 Å². The number of nitrogens with one attached hydrogen (secondary N) is 1. The summed E-state index contributed by atoms with van der Waals surface area (Å²) in [5.41, 5.74) is 5.11. The van der Waals surface area contributed by atoms with E-state index in [2.05, 4.69) is 10.1 Å².